The van der Waals surface area contributed by atoms with E-state index in [1.54, 1.807) is 13.8 Å². The van der Waals surface area contributed by atoms with Crippen molar-refractivity contribution in [3.8, 4) is 0 Å². The number of carbonyl (C=O) groups excluding carboxylic acids is 2. The molecule has 3 aromatic rings. The topological polar surface area (TPSA) is 76.0 Å². The number of nitrogens with one attached hydrogen (secondary N) is 2. The van der Waals surface area contributed by atoms with Crippen LogP contribution in [0.3, 0.4) is 0 Å². The summed E-state index contributed by atoms with van der Waals surface area (Å²) >= 11 is 0. The Morgan fingerprint density at radius 3 is 2.37 bits per heavy atom. The van der Waals surface area contributed by atoms with Crippen molar-refractivity contribution < 1.29 is 18.4 Å². The Morgan fingerprint density at radius 1 is 1.07 bits per heavy atom. The van der Waals surface area contributed by atoms with Crippen LogP contribution in [0.25, 0.3) is 11.0 Å². The van der Waals surface area contributed by atoms with E-state index in [-0.39, 0.29) is 5.92 Å². The molecular weight excluding hydrogens is 390 g/mol. The summed E-state index contributed by atoms with van der Waals surface area (Å²) in [6.45, 7) is 6.13. The molecule has 0 saturated heterocycles. The Hall–Kier alpha value is -3.29. The fourth-order valence-corrected chi connectivity index (χ4v) is 3.27. The van der Waals surface area contributed by atoms with Crippen molar-refractivity contribution in [2.24, 2.45) is 5.92 Å². The van der Waals surface area contributed by atoms with Crippen LogP contribution in [0, 0.1) is 17.6 Å². The summed E-state index contributed by atoms with van der Waals surface area (Å²) in [4.78, 5) is 29.9. The van der Waals surface area contributed by atoms with Crippen LogP contribution in [-0.4, -0.2) is 27.4 Å². The lowest BCUT2D eigenvalue weighted by Crippen LogP contribution is -2.47. The number of anilines is 1. The minimum Gasteiger partial charge on any atom is -0.340 e. The van der Waals surface area contributed by atoms with Gasteiger partial charge in [0, 0.05) is 6.54 Å². The second-order valence-electron chi connectivity index (χ2n) is 7.36. The van der Waals surface area contributed by atoms with Crippen LogP contribution >= 0.6 is 0 Å². The Balaban J connectivity index is 1.86. The first-order valence-corrected chi connectivity index (χ1v) is 9.84. The average molecular weight is 414 g/mol. The number of fused-ring (bicyclic) bond motifs is 1. The molecule has 2 aromatic carbocycles. The number of aryl methyl sites for hydroxylation is 1. The van der Waals surface area contributed by atoms with Gasteiger partial charge in [0.2, 0.25) is 11.9 Å². The predicted octanol–water partition coefficient (Wildman–Crippen LogP) is 4.12. The van der Waals surface area contributed by atoms with Gasteiger partial charge in [-0.3, -0.25) is 14.9 Å². The number of amides is 2. The van der Waals surface area contributed by atoms with E-state index in [1.165, 1.54) is 6.07 Å². The molecule has 0 bridgehead atoms. The molecule has 3 rings (SSSR count). The van der Waals surface area contributed by atoms with Gasteiger partial charge in [-0.05, 0) is 36.6 Å². The van der Waals surface area contributed by atoms with Crippen LogP contribution in [0.4, 0.5) is 14.7 Å². The highest BCUT2D eigenvalue weighted by molar-refractivity contribution is 6.01. The number of hydrogen-bond acceptors (Lipinski definition) is 3. The third-order valence-corrected chi connectivity index (χ3v) is 4.76. The summed E-state index contributed by atoms with van der Waals surface area (Å²) in [7, 11) is 0. The maximum absolute atomic E-state index is 13.9. The van der Waals surface area contributed by atoms with Crippen LogP contribution in [0.1, 0.15) is 37.6 Å². The fraction of sp³-hybridized carbons (Fsp3) is 0.318. The largest absolute Gasteiger partial charge is 0.340 e. The average Bonchev–Trinajstić information content (AvgIpc) is 3.03. The molecule has 2 amide bonds. The molecule has 0 aliphatic rings. The summed E-state index contributed by atoms with van der Waals surface area (Å²) in [5.74, 6) is -3.43. The maximum Gasteiger partial charge on any atom is 0.257 e. The first-order valence-electron chi connectivity index (χ1n) is 9.84. The van der Waals surface area contributed by atoms with Gasteiger partial charge >= 0.3 is 0 Å². The minimum atomic E-state index is -1.01. The number of hydrogen-bond donors (Lipinski definition) is 2. The molecule has 6 nitrogen and oxygen atoms in total. The van der Waals surface area contributed by atoms with E-state index in [0.717, 1.165) is 29.6 Å². The third kappa shape index (κ3) is 4.32. The molecule has 8 heteroatoms. The van der Waals surface area contributed by atoms with Gasteiger partial charge in [0.05, 0.1) is 11.0 Å². The van der Waals surface area contributed by atoms with Crippen molar-refractivity contribution in [2.45, 2.75) is 39.8 Å². The lowest BCUT2D eigenvalue weighted by atomic mass is 10.0. The van der Waals surface area contributed by atoms with Crippen molar-refractivity contribution in [3.05, 3.63) is 59.7 Å². The summed E-state index contributed by atoms with van der Waals surface area (Å²) in [6.07, 6.45) is 0.833. The Kier molecular flexibility index (Phi) is 6.44. The first kappa shape index (κ1) is 21.4. The number of para-hydroxylation sites is 2. The summed E-state index contributed by atoms with van der Waals surface area (Å²) < 4.78 is 29.8. The molecule has 158 valence electrons. The van der Waals surface area contributed by atoms with E-state index >= 15 is 0 Å². The molecule has 1 aromatic heterocycles. The quantitative estimate of drug-likeness (QED) is 0.611. The number of rotatable bonds is 7. The van der Waals surface area contributed by atoms with E-state index in [1.807, 2.05) is 35.8 Å². The highest BCUT2D eigenvalue weighted by atomic mass is 19.1. The molecule has 1 heterocycles. The van der Waals surface area contributed by atoms with Crippen molar-refractivity contribution in [2.75, 3.05) is 5.32 Å². The molecule has 0 saturated carbocycles. The van der Waals surface area contributed by atoms with Crippen LogP contribution in [0.2, 0.25) is 0 Å². The summed E-state index contributed by atoms with van der Waals surface area (Å²) in [6, 6.07) is 9.67. The Labute approximate surface area is 173 Å². The van der Waals surface area contributed by atoms with Crippen molar-refractivity contribution in [3.63, 3.8) is 0 Å². The maximum atomic E-state index is 13.9. The standard InChI is InChI=1S/C22H24F2N4O2/c1-4-12-28-17-11-6-5-10-16(17)25-22(28)27-21(30)19(13(2)3)26-20(29)18-14(23)8-7-9-15(18)24/h5-11,13,19H,4,12H2,1-3H3,(H,26,29)(H,25,27,30). The fourth-order valence-electron chi connectivity index (χ4n) is 3.27. The molecule has 0 radical (unpaired) electrons. The van der Waals surface area contributed by atoms with Crippen LogP contribution in [0.15, 0.2) is 42.5 Å². The molecule has 1 atom stereocenters. The highest BCUT2D eigenvalue weighted by Crippen LogP contribution is 2.21. The van der Waals surface area contributed by atoms with Gasteiger partial charge in [-0.15, -0.1) is 0 Å². The number of halogens is 2. The zero-order valence-corrected chi connectivity index (χ0v) is 17.1. The van der Waals surface area contributed by atoms with E-state index < -0.39 is 35.1 Å². The van der Waals surface area contributed by atoms with Crippen molar-refractivity contribution >= 4 is 28.8 Å². The normalized spacial score (nSPS) is 12.2. The van der Waals surface area contributed by atoms with Gasteiger partial charge in [0.1, 0.15) is 23.2 Å². The van der Waals surface area contributed by atoms with Crippen LogP contribution in [-0.2, 0) is 11.3 Å². The number of imidazole rings is 1. The molecule has 2 N–H and O–H groups in total. The van der Waals surface area contributed by atoms with Crippen LogP contribution in [0.5, 0.6) is 0 Å². The lowest BCUT2D eigenvalue weighted by Gasteiger charge is -2.22. The number of carbonyl (C=O) groups is 2. The highest BCUT2D eigenvalue weighted by Gasteiger charge is 2.28. The predicted molar refractivity (Wildman–Crippen MR) is 111 cm³/mol. The van der Waals surface area contributed by atoms with Gasteiger partial charge in [-0.25, -0.2) is 13.8 Å². The van der Waals surface area contributed by atoms with Gasteiger partial charge in [0.25, 0.3) is 5.91 Å². The zero-order valence-electron chi connectivity index (χ0n) is 17.1. The summed E-state index contributed by atoms with van der Waals surface area (Å²) in [5, 5.41) is 5.21. The third-order valence-electron chi connectivity index (χ3n) is 4.76. The summed E-state index contributed by atoms with van der Waals surface area (Å²) in [5.41, 5.74) is 0.905. The second kappa shape index (κ2) is 9.02. The van der Waals surface area contributed by atoms with Gasteiger partial charge in [-0.1, -0.05) is 39.0 Å². The molecule has 1 unspecified atom stereocenters. The molecular formula is C22H24F2N4O2. The van der Waals surface area contributed by atoms with E-state index in [2.05, 4.69) is 15.6 Å². The number of aromatic nitrogens is 2. The lowest BCUT2D eigenvalue weighted by molar-refractivity contribution is -0.119. The van der Waals surface area contributed by atoms with Gasteiger partial charge in [0.15, 0.2) is 0 Å². The molecule has 30 heavy (non-hydrogen) atoms. The molecule has 0 aliphatic carbocycles. The Morgan fingerprint density at radius 2 is 1.73 bits per heavy atom. The number of nitrogens with zero attached hydrogens (tertiary/aromatic N) is 2. The molecule has 0 fully saturated rings. The minimum absolute atomic E-state index is 0.326. The van der Waals surface area contributed by atoms with E-state index in [4.69, 9.17) is 0 Å². The smallest absolute Gasteiger partial charge is 0.257 e. The van der Waals surface area contributed by atoms with Crippen molar-refractivity contribution in [1.29, 1.82) is 0 Å². The second-order valence-corrected chi connectivity index (χ2v) is 7.36. The van der Waals surface area contributed by atoms with Gasteiger partial charge < -0.3 is 9.88 Å². The zero-order chi connectivity index (χ0) is 21.8. The van der Waals surface area contributed by atoms with Crippen LogP contribution < -0.4 is 10.6 Å². The molecule has 0 spiro atoms. The van der Waals surface area contributed by atoms with Gasteiger partial charge in [-0.2, -0.15) is 0 Å². The SMILES string of the molecule is CCCn1c(NC(=O)C(NC(=O)c2c(F)cccc2F)C(C)C)nc2ccccc21. The van der Waals surface area contributed by atoms with E-state index in [0.29, 0.717) is 12.5 Å². The van der Waals surface area contributed by atoms with Crippen molar-refractivity contribution in [1.82, 2.24) is 14.9 Å². The molecule has 0 aliphatic heterocycles. The Bertz CT molecular complexity index is 1060. The number of benzene rings is 2. The monoisotopic (exact) mass is 414 g/mol. The van der Waals surface area contributed by atoms with E-state index in [9.17, 15) is 18.4 Å². The first-order chi connectivity index (χ1) is 14.3.